The van der Waals surface area contributed by atoms with Crippen LogP contribution in [-0.4, -0.2) is 22.5 Å². The summed E-state index contributed by atoms with van der Waals surface area (Å²) in [7, 11) is 1.49. The number of pyridine rings is 1. The molecule has 0 radical (unpaired) electrons. The van der Waals surface area contributed by atoms with E-state index in [1.807, 2.05) is 0 Å². The summed E-state index contributed by atoms with van der Waals surface area (Å²) in [4.78, 5) is 16.9. The quantitative estimate of drug-likeness (QED) is 0.265. The maximum absolute atomic E-state index is 13.4. The Labute approximate surface area is 194 Å². The summed E-state index contributed by atoms with van der Waals surface area (Å²) in [6.45, 7) is 1.39. The maximum atomic E-state index is 13.4. The minimum Gasteiger partial charge on any atom is -0.593 e. The van der Waals surface area contributed by atoms with Gasteiger partial charge in [0.2, 0.25) is 5.95 Å². The average Bonchev–Trinajstić information content (AvgIpc) is 2.75. The second-order valence-corrected chi connectivity index (χ2v) is 8.42. The van der Waals surface area contributed by atoms with Crippen LogP contribution < -0.4 is 14.8 Å². The number of amides is 1. The molecule has 0 bridgehead atoms. The van der Waals surface area contributed by atoms with Gasteiger partial charge in [0.1, 0.15) is 11.5 Å². The number of hydrogen-bond donors (Lipinski definition) is 2. The van der Waals surface area contributed by atoms with E-state index in [2.05, 4.69) is 15.0 Å². The number of aromatic nitrogens is 1. The second-order valence-electron chi connectivity index (χ2n) is 6.60. The highest BCUT2D eigenvalue weighted by atomic mass is 35.5. The van der Waals surface area contributed by atoms with E-state index in [0.717, 1.165) is 12.1 Å². The molecule has 1 heterocycles. The molecular weight excluding hydrogens is 486 g/mol. The molecule has 0 saturated heterocycles. The minimum absolute atomic E-state index is 0.0488. The molecule has 1 amide bonds. The molecule has 0 unspecified atom stereocenters. The first-order valence-electron chi connectivity index (χ1n) is 9.22. The van der Waals surface area contributed by atoms with Crippen molar-refractivity contribution in [2.75, 3.05) is 12.4 Å². The van der Waals surface area contributed by atoms with E-state index in [1.165, 1.54) is 32.2 Å². The van der Waals surface area contributed by atoms with Gasteiger partial charge in [-0.25, -0.2) is 4.98 Å². The van der Waals surface area contributed by atoms with Crippen molar-refractivity contribution in [1.29, 1.82) is 0 Å². The highest BCUT2D eigenvalue weighted by Gasteiger charge is 2.35. The van der Waals surface area contributed by atoms with Crippen molar-refractivity contribution < 1.29 is 31.6 Å². The van der Waals surface area contributed by atoms with Gasteiger partial charge in [0.05, 0.1) is 33.2 Å². The van der Waals surface area contributed by atoms with Gasteiger partial charge in [-0.1, -0.05) is 17.7 Å². The van der Waals surface area contributed by atoms with E-state index >= 15 is 0 Å². The SMILES string of the molecule is CN[S@+]([O-])c1cccc(NC(=O)c2cc(Cl)c(C(F)(F)F)cc2Oc2ccc(F)nc2C)c1. The number of aryl methyl sites for hydroxylation is 1. The van der Waals surface area contributed by atoms with Gasteiger partial charge in [0.15, 0.2) is 4.90 Å². The van der Waals surface area contributed by atoms with Crippen molar-refractivity contribution in [2.45, 2.75) is 18.0 Å². The molecule has 0 aliphatic heterocycles. The number of carbonyl (C=O) groups is 1. The summed E-state index contributed by atoms with van der Waals surface area (Å²) in [5, 5.41) is 1.81. The molecule has 174 valence electrons. The molecule has 3 aromatic rings. The van der Waals surface area contributed by atoms with E-state index in [9.17, 15) is 26.9 Å². The highest BCUT2D eigenvalue weighted by molar-refractivity contribution is 7.89. The standard InChI is InChI=1S/C21H16ClF4N3O3S/c1-11-17(6-7-19(23)28-11)32-18-10-15(21(24,25)26)16(22)9-14(18)20(30)29-12-4-3-5-13(8-12)33(31)27-2/h3-10,27H,1-2H3,(H,29,30)/t33-/m1/s1. The smallest absolute Gasteiger partial charge is 0.417 e. The zero-order valence-electron chi connectivity index (χ0n) is 17.1. The van der Waals surface area contributed by atoms with Crippen LogP contribution in [0.5, 0.6) is 11.5 Å². The lowest BCUT2D eigenvalue weighted by molar-refractivity contribution is -0.137. The van der Waals surface area contributed by atoms with Crippen molar-refractivity contribution in [2.24, 2.45) is 0 Å². The summed E-state index contributed by atoms with van der Waals surface area (Å²) in [6.07, 6.45) is -4.81. The largest absolute Gasteiger partial charge is 0.593 e. The Morgan fingerprint density at radius 3 is 2.52 bits per heavy atom. The van der Waals surface area contributed by atoms with E-state index in [1.54, 1.807) is 12.1 Å². The number of nitrogens with zero attached hydrogens (tertiary/aromatic N) is 1. The van der Waals surface area contributed by atoms with Crippen molar-refractivity contribution in [3.05, 3.63) is 76.3 Å². The first-order valence-corrected chi connectivity index (χ1v) is 10.7. The lowest BCUT2D eigenvalue weighted by Crippen LogP contribution is -2.19. The summed E-state index contributed by atoms with van der Waals surface area (Å²) in [5.74, 6) is -2.15. The van der Waals surface area contributed by atoms with Crippen molar-refractivity contribution in [3.8, 4) is 11.5 Å². The van der Waals surface area contributed by atoms with Crippen LogP contribution in [0.3, 0.4) is 0 Å². The second kappa shape index (κ2) is 9.96. The number of anilines is 1. The third-order valence-electron chi connectivity index (χ3n) is 4.33. The Bertz CT molecular complexity index is 1190. The maximum Gasteiger partial charge on any atom is 0.417 e. The molecule has 0 spiro atoms. The predicted octanol–water partition coefficient (Wildman–Crippen LogP) is 5.49. The lowest BCUT2D eigenvalue weighted by Gasteiger charge is -2.17. The van der Waals surface area contributed by atoms with Crippen LogP contribution in [0.15, 0.2) is 53.4 Å². The predicted molar refractivity (Wildman–Crippen MR) is 115 cm³/mol. The van der Waals surface area contributed by atoms with E-state index in [0.29, 0.717) is 11.0 Å². The molecule has 1 atom stereocenters. The molecule has 2 aromatic carbocycles. The van der Waals surface area contributed by atoms with E-state index in [-0.39, 0.29) is 22.7 Å². The van der Waals surface area contributed by atoms with Crippen molar-refractivity contribution in [3.63, 3.8) is 0 Å². The Morgan fingerprint density at radius 1 is 1.15 bits per heavy atom. The topological polar surface area (TPSA) is 86.3 Å². The normalized spacial score (nSPS) is 12.4. The fraction of sp³-hybridized carbons (Fsp3) is 0.143. The number of halogens is 5. The minimum atomic E-state index is -4.81. The van der Waals surface area contributed by atoms with Gasteiger partial charge in [-0.15, -0.1) is 4.72 Å². The monoisotopic (exact) mass is 501 g/mol. The summed E-state index contributed by atoms with van der Waals surface area (Å²) in [5.41, 5.74) is -1.22. The zero-order chi connectivity index (χ0) is 24.3. The number of ether oxygens (including phenoxy) is 1. The van der Waals surface area contributed by atoms with Gasteiger partial charge < -0.3 is 14.6 Å². The molecule has 3 rings (SSSR count). The zero-order valence-corrected chi connectivity index (χ0v) is 18.7. The molecule has 12 heteroatoms. The lowest BCUT2D eigenvalue weighted by atomic mass is 10.1. The number of benzene rings is 2. The van der Waals surface area contributed by atoms with Crippen molar-refractivity contribution in [1.82, 2.24) is 9.71 Å². The summed E-state index contributed by atoms with van der Waals surface area (Å²) >= 11 is 4.29. The molecule has 1 aromatic heterocycles. The fourth-order valence-electron chi connectivity index (χ4n) is 2.78. The number of carbonyl (C=O) groups excluding carboxylic acids is 1. The van der Waals surface area contributed by atoms with E-state index < -0.39 is 45.7 Å². The van der Waals surface area contributed by atoms with E-state index in [4.69, 9.17) is 16.3 Å². The van der Waals surface area contributed by atoms with Crippen LogP contribution in [0.1, 0.15) is 21.6 Å². The third-order valence-corrected chi connectivity index (χ3v) is 5.70. The Hall–Kier alpha value is -2.86. The fourth-order valence-corrected chi connectivity index (χ4v) is 3.72. The van der Waals surface area contributed by atoms with Crippen LogP contribution in [0.25, 0.3) is 0 Å². The molecule has 0 aliphatic carbocycles. The molecular formula is C21H16ClF4N3O3S. The highest BCUT2D eigenvalue weighted by Crippen LogP contribution is 2.40. The van der Waals surface area contributed by atoms with Crippen LogP contribution in [0.2, 0.25) is 5.02 Å². The Balaban J connectivity index is 2.02. The molecule has 2 N–H and O–H groups in total. The van der Waals surface area contributed by atoms with Crippen LogP contribution in [-0.2, 0) is 17.5 Å². The number of nitrogens with one attached hydrogen (secondary N) is 2. The van der Waals surface area contributed by atoms with Crippen LogP contribution in [0, 0.1) is 12.9 Å². The molecule has 0 fully saturated rings. The number of hydrogen-bond acceptors (Lipinski definition) is 5. The van der Waals surface area contributed by atoms with Crippen LogP contribution >= 0.6 is 11.6 Å². The van der Waals surface area contributed by atoms with Gasteiger partial charge in [-0.3, -0.25) is 4.79 Å². The Kier molecular flexibility index (Phi) is 7.48. The Morgan fingerprint density at radius 2 is 1.88 bits per heavy atom. The van der Waals surface area contributed by atoms with Gasteiger partial charge in [0.25, 0.3) is 5.91 Å². The third kappa shape index (κ3) is 5.93. The van der Waals surface area contributed by atoms with Gasteiger partial charge in [0, 0.05) is 18.8 Å². The molecule has 33 heavy (non-hydrogen) atoms. The van der Waals surface area contributed by atoms with Crippen molar-refractivity contribution >= 4 is 34.6 Å². The summed E-state index contributed by atoms with van der Waals surface area (Å²) < 4.78 is 73.5. The molecule has 6 nitrogen and oxygen atoms in total. The van der Waals surface area contributed by atoms with Gasteiger partial charge >= 0.3 is 6.18 Å². The van der Waals surface area contributed by atoms with Gasteiger partial charge in [-0.2, -0.15) is 17.6 Å². The molecule has 0 aliphatic rings. The number of rotatable bonds is 6. The number of alkyl halides is 3. The molecule has 0 saturated carbocycles. The first kappa shape index (κ1) is 24.8. The van der Waals surface area contributed by atoms with Crippen LogP contribution in [0.4, 0.5) is 23.2 Å². The van der Waals surface area contributed by atoms with Gasteiger partial charge in [-0.05, 0) is 43.3 Å². The summed E-state index contributed by atoms with van der Waals surface area (Å²) in [6, 6.07) is 9.62. The first-order chi connectivity index (χ1) is 15.5. The average molecular weight is 502 g/mol.